The van der Waals surface area contributed by atoms with Gasteiger partial charge in [0.1, 0.15) is 0 Å². The highest BCUT2D eigenvalue weighted by Crippen LogP contribution is 2.34. The molecule has 0 spiro atoms. The van der Waals surface area contributed by atoms with Gasteiger partial charge in [0.05, 0.1) is 5.69 Å². The number of fused-ring (bicyclic) bond motifs is 1. The summed E-state index contributed by atoms with van der Waals surface area (Å²) in [6, 6.07) is 5.01. The SMILES string of the molecule is CCc1nnsc1C(=O)OCC(=O)Nc1ccc2c(c1)OCO2. The van der Waals surface area contributed by atoms with E-state index in [9.17, 15) is 9.59 Å². The third kappa shape index (κ3) is 3.39. The van der Waals surface area contributed by atoms with Gasteiger partial charge < -0.3 is 19.5 Å². The van der Waals surface area contributed by atoms with E-state index in [4.69, 9.17) is 14.2 Å². The second-order valence-corrected chi connectivity index (χ2v) is 5.35. The van der Waals surface area contributed by atoms with Crippen LogP contribution in [0.3, 0.4) is 0 Å². The smallest absolute Gasteiger partial charge is 0.352 e. The summed E-state index contributed by atoms with van der Waals surface area (Å²) in [6.07, 6.45) is 0.574. The summed E-state index contributed by atoms with van der Waals surface area (Å²) < 4.78 is 19.1. The predicted octanol–water partition coefficient (Wildman–Crippen LogP) is 1.62. The van der Waals surface area contributed by atoms with Crippen LogP contribution in [-0.4, -0.2) is 34.9 Å². The third-order valence-electron chi connectivity index (χ3n) is 3.07. The van der Waals surface area contributed by atoms with Gasteiger partial charge in [0.2, 0.25) is 6.79 Å². The molecule has 1 aromatic heterocycles. The zero-order valence-electron chi connectivity index (χ0n) is 12.2. The number of ether oxygens (including phenoxy) is 3. The number of nitrogens with one attached hydrogen (secondary N) is 1. The van der Waals surface area contributed by atoms with E-state index in [0.717, 1.165) is 11.5 Å². The second kappa shape index (κ2) is 6.61. The van der Waals surface area contributed by atoms with Gasteiger partial charge in [-0.05, 0) is 30.1 Å². The molecule has 1 amide bonds. The summed E-state index contributed by atoms with van der Waals surface area (Å²) >= 11 is 0.954. The summed E-state index contributed by atoms with van der Waals surface area (Å²) in [6.45, 7) is 1.63. The third-order valence-corrected chi connectivity index (χ3v) is 3.81. The van der Waals surface area contributed by atoms with E-state index in [1.54, 1.807) is 18.2 Å². The number of nitrogens with zero attached hydrogens (tertiary/aromatic N) is 2. The lowest BCUT2D eigenvalue weighted by molar-refractivity contribution is -0.119. The van der Waals surface area contributed by atoms with Crippen LogP contribution in [0, 0.1) is 0 Å². The van der Waals surface area contributed by atoms with E-state index < -0.39 is 18.5 Å². The van der Waals surface area contributed by atoms with Crippen molar-refractivity contribution in [2.24, 2.45) is 0 Å². The maximum Gasteiger partial charge on any atom is 0.352 e. The standard InChI is InChI=1S/C14H13N3O5S/c1-2-9-13(23-17-16-9)14(19)20-6-12(18)15-8-3-4-10-11(5-8)22-7-21-10/h3-5H,2,6-7H2,1H3,(H,15,18). The lowest BCUT2D eigenvalue weighted by atomic mass is 10.3. The molecule has 23 heavy (non-hydrogen) atoms. The minimum Gasteiger partial charge on any atom is -0.454 e. The summed E-state index contributed by atoms with van der Waals surface area (Å²) in [5, 5.41) is 6.45. The molecule has 2 heterocycles. The van der Waals surface area contributed by atoms with Crippen LogP contribution in [0.2, 0.25) is 0 Å². The molecule has 1 aliphatic rings. The largest absolute Gasteiger partial charge is 0.454 e. The molecule has 0 fully saturated rings. The van der Waals surface area contributed by atoms with Crippen LogP contribution in [0.5, 0.6) is 11.5 Å². The number of carbonyl (C=O) groups excluding carboxylic acids is 2. The van der Waals surface area contributed by atoms with Crippen molar-refractivity contribution >= 4 is 29.1 Å². The van der Waals surface area contributed by atoms with Crippen LogP contribution in [0.25, 0.3) is 0 Å². The summed E-state index contributed by atoms with van der Waals surface area (Å²) in [4.78, 5) is 24.1. The molecule has 120 valence electrons. The number of aromatic nitrogens is 2. The monoisotopic (exact) mass is 335 g/mol. The van der Waals surface area contributed by atoms with Crippen molar-refractivity contribution in [2.45, 2.75) is 13.3 Å². The number of anilines is 1. The highest BCUT2D eigenvalue weighted by molar-refractivity contribution is 7.07. The van der Waals surface area contributed by atoms with Crippen molar-refractivity contribution in [2.75, 3.05) is 18.7 Å². The number of hydrogen-bond acceptors (Lipinski definition) is 8. The molecular formula is C14H13N3O5S. The summed E-state index contributed by atoms with van der Waals surface area (Å²) in [5.74, 6) is 0.132. The number of benzene rings is 1. The highest BCUT2D eigenvalue weighted by Gasteiger charge is 2.18. The van der Waals surface area contributed by atoms with Crippen LogP contribution >= 0.6 is 11.5 Å². The van der Waals surface area contributed by atoms with Gasteiger partial charge >= 0.3 is 5.97 Å². The van der Waals surface area contributed by atoms with E-state index in [0.29, 0.717) is 34.2 Å². The number of rotatable bonds is 5. The van der Waals surface area contributed by atoms with Gasteiger partial charge in [-0.3, -0.25) is 4.79 Å². The van der Waals surface area contributed by atoms with Crippen molar-refractivity contribution in [3.8, 4) is 11.5 Å². The van der Waals surface area contributed by atoms with Crippen molar-refractivity contribution in [1.29, 1.82) is 0 Å². The molecular weight excluding hydrogens is 322 g/mol. The topological polar surface area (TPSA) is 99.6 Å². The average Bonchev–Trinajstić information content (AvgIpc) is 3.20. The van der Waals surface area contributed by atoms with E-state index in [1.807, 2.05) is 6.92 Å². The fourth-order valence-corrected chi connectivity index (χ4v) is 2.61. The molecule has 0 aliphatic carbocycles. The Morgan fingerprint density at radius 2 is 2.17 bits per heavy atom. The molecule has 0 saturated heterocycles. The molecule has 3 rings (SSSR count). The first-order valence-corrected chi connectivity index (χ1v) is 7.62. The van der Waals surface area contributed by atoms with Crippen LogP contribution in [0.1, 0.15) is 22.3 Å². The molecule has 0 atom stereocenters. The quantitative estimate of drug-likeness (QED) is 0.829. The molecule has 1 N–H and O–H groups in total. The van der Waals surface area contributed by atoms with E-state index in [2.05, 4.69) is 14.9 Å². The van der Waals surface area contributed by atoms with Gasteiger partial charge in [-0.15, -0.1) is 5.10 Å². The number of carbonyl (C=O) groups is 2. The normalized spacial score (nSPS) is 12.0. The van der Waals surface area contributed by atoms with Crippen LogP contribution < -0.4 is 14.8 Å². The lowest BCUT2D eigenvalue weighted by Gasteiger charge is -2.07. The Hall–Kier alpha value is -2.68. The Labute approximate surface area is 135 Å². The maximum atomic E-state index is 11.9. The van der Waals surface area contributed by atoms with E-state index in [-0.39, 0.29) is 6.79 Å². The number of aryl methyl sites for hydroxylation is 1. The van der Waals surface area contributed by atoms with Gasteiger partial charge in [-0.25, -0.2) is 4.79 Å². The van der Waals surface area contributed by atoms with Crippen molar-refractivity contribution in [3.05, 3.63) is 28.8 Å². The fraction of sp³-hybridized carbons (Fsp3) is 0.286. The highest BCUT2D eigenvalue weighted by atomic mass is 32.1. The Kier molecular flexibility index (Phi) is 4.38. The van der Waals surface area contributed by atoms with Crippen LogP contribution in [-0.2, 0) is 16.0 Å². The maximum absolute atomic E-state index is 11.9. The minimum absolute atomic E-state index is 0.160. The zero-order chi connectivity index (χ0) is 16.2. The lowest BCUT2D eigenvalue weighted by Crippen LogP contribution is -2.21. The molecule has 8 nitrogen and oxygen atoms in total. The van der Waals surface area contributed by atoms with E-state index in [1.165, 1.54) is 0 Å². The van der Waals surface area contributed by atoms with Crippen LogP contribution in [0.4, 0.5) is 5.69 Å². The van der Waals surface area contributed by atoms with E-state index >= 15 is 0 Å². The van der Waals surface area contributed by atoms with Gasteiger partial charge in [0.25, 0.3) is 5.91 Å². The molecule has 0 bridgehead atoms. The minimum atomic E-state index is -0.599. The molecule has 1 aliphatic heterocycles. The van der Waals surface area contributed by atoms with Crippen LogP contribution in [0.15, 0.2) is 18.2 Å². The fourth-order valence-electron chi connectivity index (χ4n) is 1.96. The Bertz CT molecular complexity index is 746. The van der Waals surface area contributed by atoms with Gasteiger partial charge in [0.15, 0.2) is 23.0 Å². The first-order chi connectivity index (χ1) is 11.2. The average molecular weight is 335 g/mol. The van der Waals surface area contributed by atoms with Gasteiger partial charge in [-0.1, -0.05) is 11.4 Å². The van der Waals surface area contributed by atoms with Gasteiger partial charge in [-0.2, -0.15) is 0 Å². The van der Waals surface area contributed by atoms with Crippen molar-refractivity contribution in [3.63, 3.8) is 0 Å². The Balaban J connectivity index is 1.54. The molecule has 2 aromatic rings. The molecule has 9 heteroatoms. The number of esters is 1. The molecule has 0 unspecified atom stereocenters. The zero-order valence-corrected chi connectivity index (χ0v) is 13.0. The molecule has 0 saturated carbocycles. The van der Waals surface area contributed by atoms with Crippen molar-refractivity contribution in [1.82, 2.24) is 9.59 Å². The summed E-state index contributed by atoms with van der Waals surface area (Å²) in [7, 11) is 0. The first kappa shape index (κ1) is 15.2. The van der Waals surface area contributed by atoms with Crippen molar-refractivity contribution < 1.29 is 23.8 Å². The van der Waals surface area contributed by atoms with Gasteiger partial charge in [0, 0.05) is 11.8 Å². The second-order valence-electron chi connectivity index (χ2n) is 4.59. The first-order valence-electron chi connectivity index (χ1n) is 6.85. The molecule has 1 aromatic carbocycles. The Morgan fingerprint density at radius 1 is 1.35 bits per heavy atom. The number of amides is 1. The predicted molar refractivity (Wildman–Crippen MR) is 80.8 cm³/mol. The molecule has 0 radical (unpaired) electrons. The summed E-state index contributed by atoms with van der Waals surface area (Å²) in [5.41, 5.74) is 1.10. The Morgan fingerprint density at radius 3 is 3.00 bits per heavy atom. The number of hydrogen-bond donors (Lipinski definition) is 1.